The summed E-state index contributed by atoms with van der Waals surface area (Å²) in [5.41, 5.74) is 2.37. The second kappa shape index (κ2) is 6.58. The lowest BCUT2D eigenvalue weighted by Crippen LogP contribution is -1.92. The van der Waals surface area contributed by atoms with Crippen molar-refractivity contribution in [3.63, 3.8) is 0 Å². The van der Waals surface area contributed by atoms with Gasteiger partial charge in [0.25, 0.3) is 0 Å². The van der Waals surface area contributed by atoms with E-state index in [-0.39, 0.29) is 0 Å². The van der Waals surface area contributed by atoms with Crippen molar-refractivity contribution in [1.82, 2.24) is 4.98 Å². The number of rotatable bonds is 3. The molecule has 0 saturated carbocycles. The van der Waals surface area contributed by atoms with Crippen LogP contribution < -0.4 is 4.74 Å². The number of nitrogens with zero attached hydrogens (tertiary/aromatic N) is 1. The van der Waals surface area contributed by atoms with Crippen LogP contribution in [0.1, 0.15) is 0 Å². The van der Waals surface area contributed by atoms with Gasteiger partial charge in [-0.15, -0.1) is 0 Å². The minimum atomic E-state index is 0.827. The third-order valence-corrected chi connectivity index (χ3v) is 4.80. The SMILES string of the molecule is c1ccc(Oc2c3ccccc3c(-c3ccccc3)c3cnccc23)cc1. The molecule has 2 heteroatoms. The molecule has 5 rings (SSSR count). The van der Waals surface area contributed by atoms with E-state index < -0.39 is 0 Å². The van der Waals surface area contributed by atoms with Crippen molar-refractivity contribution in [3.05, 3.63) is 103 Å². The fourth-order valence-corrected chi connectivity index (χ4v) is 3.61. The standard InChI is InChI=1S/C25H17NO/c1-3-9-18(10-4-1)24-20-13-7-8-14-21(20)25(22-15-16-26-17-23(22)24)27-19-11-5-2-6-12-19/h1-17H. The molecule has 4 aromatic carbocycles. The molecular weight excluding hydrogens is 330 g/mol. The van der Waals surface area contributed by atoms with Crippen LogP contribution in [0.25, 0.3) is 32.7 Å². The molecule has 2 nitrogen and oxygen atoms in total. The van der Waals surface area contributed by atoms with E-state index in [0.717, 1.165) is 33.0 Å². The third-order valence-electron chi connectivity index (χ3n) is 4.80. The fraction of sp³-hybridized carbons (Fsp3) is 0. The van der Waals surface area contributed by atoms with Crippen LogP contribution >= 0.6 is 0 Å². The van der Waals surface area contributed by atoms with E-state index in [1.807, 2.05) is 54.9 Å². The van der Waals surface area contributed by atoms with Crippen LogP contribution in [-0.2, 0) is 0 Å². The fourth-order valence-electron chi connectivity index (χ4n) is 3.61. The Morgan fingerprint density at radius 1 is 0.556 bits per heavy atom. The van der Waals surface area contributed by atoms with Gasteiger partial charge in [-0.3, -0.25) is 4.98 Å². The molecule has 1 aromatic heterocycles. The Morgan fingerprint density at radius 3 is 1.96 bits per heavy atom. The van der Waals surface area contributed by atoms with Crippen LogP contribution in [0.3, 0.4) is 0 Å². The average Bonchev–Trinajstić information content (AvgIpc) is 2.75. The minimum Gasteiger partial charge on any atom is -0.456 e. The molecule has 0 saturated heterocycles. The maximum atomic E-state index is 6.37. The summed E-state index contributed by atoms with van der Waals surface area (Å²) in [5, 5.41) is 4.41. The van der Waals surface area contributed by atoms with Gasteiger partial charge in [-0.25, -0.2) is 0 Å². The van der Waals surface area contributed by atoms with Gasteiger partial charge in [-0.1, -0.05) is 72.8 Å². The van der Waals surface area contributed by atoms with Gasteiger partial charge >= 0.3 is 0 Å². The largest absolute Gasteiger partial charge is 0.456 e. The van der Waals surface area contributed by atoms with E-state index in [4.69, 9.17) is 4.74 Å². The molecule has 0 fully saturated rings. The van der Waals surface area contributed by atoms with Crippen LogP contribution in [0.5, 0.6) is 11.5 Å². The predicted molar refractivity (Wildman–Crippen MR) is 111 cm³/mol. The van der Waals surface area contributed by atoms with Gasteiger partial charge < -0.3 is 4.74 Å². The highest BCUT2D eigenvalue weighted by Gasteiger charge is 2.16. The van der Waals surface area contributed by atoms with Crippen molar-refractivity contribution in [2.24, 2.45) is 0 Å². The van der Waals surface area contributed by atoms with E-state index >= 15 is 0 Å². The predicted octanol–water partition coefficient (Wildman–Crippen LogP) is 6.85. The maximum Gasteiger partial charge on any atom is 0.143 e. The smallest absolute Gasteiger partial charge is 0.143 e. The highest BCUT2D eigenvalue weighted by molar-refractivity contribution is 6.16. The van der Waals surface area contributed by atoms with Gasteiger partial charge in [0.2, 0.25) is 0 Å². The number of ether oxygens (including phenoxy) is 1. The van der Waals surface area contributed by atoms with Gasteiger partial charge in [0.05, 0.1) is 0 Å². The Balaban J connectivity index is 1.89. The van der Waals surface area contributed by atoms with Gasteiger partial charge in [-0.05, 0) is 34.7 Å². The number of para-hydroxylation sites is 1. The van der Waals surface area contributed by atoms with E-state index in [1.165, 1.54) is 11.1 Å². The summed E-state index contributed by atoms with van der Waals surface area (Å²) in [6, 6.07) is 30.8. The summed E-state index contributed by atoms with van der Waals surface area (Å²) in [7, 11) is 0. The molecule has 0 radical (unpaired) electrons. The third kappa shape index (κ3) is 2.72. The summed E-state index contributed by atoms with van der Waals surface area (Å²) in [6.07, 6.45) is 3.76. The van der Waals surface area contributed by atoms with Crippen molar-refractivity contribution in [3.8, 4) is 22.6 Å². The van der Waals surface area contributed by atoms with E-state index in [9.17, 15) is 0 Å². The molecule has 0 aliphatic heterocycles. The van der Waals surface area contributed by atoms with E-state index in [1.54, 1.807) is 0 Å². The van der Waals surface area contributed by atoms with Gasteiger partial charge in [0.1, 0.15) is 11.5 Å². The van der Waals surface area contributed by atoms with Crippen molar-refractivity contribution >= 4 is 21.5 Å². The Labute approximate surface area is 157 Å². The Hall–Kier alpha value is -3.65. The van der Waals surface area contributed by atoms with Crippen molar-refractivity contribution in [2.45, 2.75) is 0 Å². The molecule has 128 valence electrons. The van der Waals surface area contributed by atoms with Crippen LogP contribution in [0.15, 0.2) is 103 Å². The number of aromatic nitrogens is 1. The van der Waals surface area contributed by atoms with Crippen molar-refractivity contribution < 1.29 is 4.74 Å². The lowest BCUT2D eigenvalue weighted by Gasteiger charge is -2.17. The van der Waals surface area contributed by atoms with Crippen LogP contribution in [-0.4, -0.2) is 4.98 Å². The monoisotopic (exact) mass is 347 g/mol. The zero-order valence-electron chi connectivity index (χ0n) is 14.7. The molecule has 0 atom stereocenters. The molecule has 0 spiro atoms. The molecule has 5 aromatic rings. The summed E-state index contributed by atoms with van der Waals surface area (Å²) < 4.78 is 6.37. The minimum absolute atomic E-state index is 0.827. The number of hydrogen-bond acceptors (Lipinski definition) is 2. The molecule has 0 aliphatic carbocycles. The Morgan fingerprint density at radius 2 is 1.19 bits per heavy atom. The van der Waals surface area contributed by atoms with Crippen molar-refractivity contribution in [1.29, 1.82) is 0 Å². The lowest BCUT2D eigenvalue weighted by molar-refractivity contribution is 0.494. The van der Waals surface area contributed by atoms with Gasteiger partial charge in [0, 0.05) is 28.6 Å². The first-order valence-electron chi connectivity index (χ1n) is 8.98. The Bertz CT molecular complexity index is 1170. The maximum absolute atomic E-state index is 6.37. The second-order valence-corrected chi connectivity index (χ2v) is 6.45. The molecular formula is C25H17NO. The number of pyridine rings is 1. The molecule has 0 N–H and O–H groups in total. The van der Waals surface area contributed by atoms with Gasteiger partial charge in [-0.2, -0.15) is 0 Å². The first-order valence-corrected chi connectivity index (χ1v) is 8.98. The second-order valence-electron chi connectivity index (χ2n) is 6.45. The number of hydrogen-bond donors (Lipinski definition) is 0. The molecule has 0 unspecified atom stereocenters. The average molecular weight is 347 g/mol. The van der Waals surface area contributed by atoms with E-state index in [0.29, 0.717) is 0 Å². The van der Waals surface area contributed by atoms with E-state index in [2.05, 4.69) is 53.5 Å². The van der Waals surface area contributed by atoms with Crippen LogP contribution in [0.2, 0.25) is 0 Å². The van der Waals surface area contributed by atoms with Gasteiger partial charge in [0.15, 0.2) is 0 Å². The molecule has 0 aliphatic rings. The highest BCUT2D eigenvalue weighted by Crippen LogP contribution is 2.44. The quantitative estimate of drug-likeness (QED) is 0.333. The highest BCUT2D eigenvalue weighted by atomic mass is 16.5. The van der Waals surface area contributed by atoms with Crippen LogP contribution in [0.4, 0.5) is 0 Å². The molecule has 27 heavy (non-hydrogen) atoms. The van der Waals surface area contributed by atoms with Crippen molar-refractivity contribution in [2.75, 3.05) is 0 Å². The summed E-state index contributed by atoms with van der Waals surface area (Å²) >= 11 is 0. The van der Waals surface area contributed by atoms with Crippen LogP contribution in [0, 0.1) is 0 Å². The zero-order chi connectivity index (χ0) is 18.1. The topological polar surface area (TPSA) is 22.1 Å². The molecule has 1 heterocycles. The molecule has 0 amide bonds. The summed E-state index contributed by atoms with van der Waals surface area (Å²) in [4.78, 5) is 4.40. The lowest BCUT2D eigenvalue weighted by atomic mass is 9.92. The number of fused-ring (bicyclic) bond motifs is 2. The summed E-state index contributed by atoms with van der Waals surface area (Å²) in [5.74, 6) is 1.70. The zero-order valence-corrected chi connectivity index (χ0v) is 14.7. The number of benzene rings is 4. The first kappa shape index (κ1) is 15.6. The summed E-state index contributed by atoms with van der Waals surface area (Å²) in [6.45, 7) is 0. The Kier molecular flexibility index (Phi) is 3.80. The first-order chi connectivity index (χ1) is 13.4. The normalized spacial score (nSPS) is 11.0. The molecule has 0 bridgehead atoms.